The Morgan fingerprint density at radius 1 is 1.64 bits per heavy atom. The number of rotatable bonds is 3. The molecule has 1 heterocycles. The van der Waals surface area contributed by atoms with Gasteiger partial charge in [0.2, 0.25) is 0 Å². The molecule has 0 radical (unpaired) electrons. The summed E-state index contributed by atoms with van der Waals surface area (Å²) in [4.78, 5) is 14.4. The summed E-state index contributed by atoms with van der Waals surface area (Å²) in [6, 6.07) is 1.56. The predicted octanol–water partition coefficient (Wildman–Crippen LogP) is 2.36. The van der Waals surface area contributed by atoms with Crippen LogP contribution in [-0.4, -0.2) is 16.1 Å². The van der Waals surface area contributed by atoms with Crippen molar-refractivity contribution in [3.8, 4) is 0 Å². The molecule has 0 unspecified atom stereocenters. The quantitative estimate of drug-likeness (QED) is 0.801. The van der Waals surface area contributed by atoms with Crippen LogP contribution in [0.2, 0.25) is 0 Å². The third kappa shape index (κ3) is 1.85. The van der Waals surface area contributed by atoms with Crippen molar-refractivity contribution in [1.29, 1.82) is 0 Å². The average Bonchev–Trinajstić information content (AvgIpc) is 2.18. The number of hydrogen-bond acceptors (Lipinski definition) is 2. The Bertz CT molecular complexity index is 399. The first-order chi connectivity index (χ1) is 6.70. The van der Waals surface area contributed by atoms with Gasteiger partial charge in [-0.3, -0.25) is 0 Å². The molecule has 0 saturated carbocycles. The van der Waals surface area contributed by atoms with E-state index in [1.165, 1.54) is 12.3 Å². The monoisotopic (exact) mass is 193 g/mol. The molecule has 0 bridgehead atoms. The molecule has 0 aliphatic carbocycles. The van der Waals surface area contributed by atoms with Gasteiger partial charge in [-0.15, -0.1) is 0 Å². The normalized spacial score (nSPS) is 10.4. The van der Waals surface area contributed by atoms with Crippen LogP contribution in [0, 0.1) is 0 Å². The lowest BCUT2D eigenvalue weighted by Crippen LogP contribution is -2.04. The zero-order valence-electron chi connectivity index (χ0n) is 7.27. The van der Waals surface area contributed by atoms with Crippen LogP contribution in [0.5, 0.6) is 0 Å². The number of halogens is 1. The van der Waals surface area contributed by atoms with Crippen LogP contribution in [0.15, 0.2) is 25.2 Å². The topological polar surface area (TPSA) is 50.2 Å². The Hall–Kier alpha value is -1.97. The van der Waals surface area contributed by atoms with E-state index in [4.69, 9.17) is 5.11 Å². The molecule has 1 aromatic rings. The van der Waals surface area contributed by atoms with Gasteiger partial charge in [-0.05, 0) is 17.7 Å². The molecule has 0 aromatic carbocycles. The van der Waals surface area contributed by atoms with Crippen molar-refractivity contribution in [2.24, 2.45) is 0 Å². The van der Waals surface area contributed by atoms with Gasteiger partial charge in [0.05, 0.1) is 6.33 Å². The van der Waals surface area contributed by atoms with Gasteiger partial charge in [0.25, 0.3) is 0 Å². The van der Waals surface area contributed by atoms with E-state index in [1.807, 2.05) is 0 Å². The Balaban J connectivity index is 3.42. The van der Waals surface area contributed by atoms with Crippen molar-refractivity contribution >= 4 is 18.1 Å². The first-order valence-electron chi connectivity index (χ1n) is 3.82. The minimum absolute atomic E-state index is 0.184. The zero-order chi connectivity index (χ0) is 10.6. The fraction of sp³-hybridized carbons (Fsp3) is 0. The Morgan fingerprint density at radius 3 is 2.86 bits per heavy atom. The Labute approximate surface area is 80.2 Å². The molecule has 1 rings (SSSR count). The van der Waals surface area contributed by atoms with Crippen LogP contribution >= 0.6 is 0 Å². The second-order valence-electron chi connectivity index (χ2n) is 2.46. The van der Waals surface area contributed by atoms with Crippen molar-refractivity contribution in [3.63, 3.8) is 0 Å². The van der Waals surface area contributed by atoms with Gasteiger partial charge in [-0.25, -0.2) is 14.2 Å². The van der Waals surface area contributed by atoms with E-state index in [2.05, 4.69) is 11.6 Å². The van der Waals surface area contributed by atoms with Crippen LogP contribution in [0.1, 0.15) is 21.6 Å². The van der Waals surface area contributed by atoms with Gasteiger partial charge in [0, 0.05) is 11.8 Å². The van der Waals surface area contributed by atoms with Crippen molar-refractivity contribution in [2.75, 3.05) is 0 Å². The average molecular weight is 193 g/mol. The molecule has 4 heteroatoms. The molecule has 72 valence electrons. The molecule has 0 saturated heterocycles. The standard InChI is InChI=1S/C10H8FNO2/c1-2-7-4-6-12-9(10(13)14)8(7)3-5-11/h2-6H,1H2,(H,13,14)/b5-3+. The first-order valence-corrected chi connectivity index (χ1v) is 3.82. The number of aromatic nitrogens is 1. The third-order valence-electron chi connectivity index (χ3n) is 1.68. The van der Waals surface area contributed by atoms with Gasteiger partial charge in [-0.1, -0.05) is 12.7 Å². The maximum atomic E-state index is 12.0. The summed E-state index contributed by atoms with van der Waals surface area (Å²) in [6.07, 6.45) is 4.11. The van der Waals surface area contributed by atoms with Crippen LogP contribution < -0.4 is 0 Å². The van der Waals surface area contributed by atoms with E-state index >= 15 is 0 Å². The highest BCUT2D eigenvalue weighted by molar-refractivity contribution is 5.91. The number of carbonyl (C=O) groups is 1. The molecule has 0 atom stereocenters. The molecular formula is C10H8FNO2. The van der Waals surface area contributed by atoms with E-state index in [0.717, 1.165) is 6.08 Å². The molecule has 0 aliphatic rings. The summed E-state index contributed by atoms with van der Waals surface area (Å²) in [5.41, 5.74) is 0.570. The number of carboxylic acids is 1. The fourth-order valence-electron chi connectivity index (χ4n) is 1.07. The lowest BCUT2D eigenvalue weighted by molar-refractivity contribution is 0.0690. The summed E-state index contributed by atoms with van der Waals surface area (Å²) in [5, 5.41) is 8.76. The van der Waals surface area contributed by atoms with E-state index in [9.17, 15) is 9.18 Å². The highest BCUT2D eigenvalue weighted by Crippen LogP contribution is 2.15. The smallest absolute Gasteiger partial charge is 0.355 e. The lowest BCUT2D eigenvalue weighted by Gasteiger charge is -2.03. The molecule has 1 N–H and O–H groups in total. The molecule has 0 aliphatic heterocycles. The summed E-state index contributed by atoms with van der Waals surface area (Å²) in [7, 11) is 0. The molecule has 3 nitrogen and oxygen atoms in total. The second-order valence-corrected chi connectivity index (χ2v) is 2.46. The number of carboxylic acid groups (broad SMARTS) is 1. The van der Waals surface area contributed by atoms with Gasteiger partial charge >= 0.3 is 5.97 Å². The maximum Gasteiger partial charge on any atom is 0.355 e. The van der Waals surface area contributed by atoms with Gasteiger partial charge in [-0.2, -0.15) is 0 Å². The molecule has 0 amide bonds. The summed E-state index contributed by atoms with van der Waals surface area (Å²) >= 11 is 0. The van der Waals surface area contributed by atoms with E-state index in [0.29, 0.717) is 5.56 Å². The fourth-order valence-corrected chi connectivity index (χ4v) is 1.07. The van der Waals surface area contributed by atoms with Crippen LogP contribution in [0.4, 0.5) is 4.39 Å². The minimum atomic E-state index is -1.19. The molecule has 0 spiro atoms. The molecular weight excluding hydrogens is 185 g/mol. The predicted molar refractivity (Wildman–Crippen MR) is 51.4 cm³/mol. The number of nitrogens with zero attached hydrogens (tertiary/aromatic N) is 1. The summed E-state index contributed by atoms with van der Waals surface area (Å²) in [6.45, 7) is 3.50. The lowest BCUT2D eigenvalue weighted by atomic mass is 10.1. The van der Waals surface area contributed by atoms with Crippen molar-refractivity contribution in [1.82, 2.24) is 4.98 Å². The Morgan fingerprint density at radius 2 is 2.36 bits per heavy atom. The van der Waals surface area contributed by atoms with E-state index in [1.54, 1.807) is 6.07 Å². The largest absolute Gasteiger partial charge is 0.476 e. The minimum Gasteiger partial charge on any atom is -0.476 e. The SMILES string of the molecule is C=Cc1ccnc(C(=O)O)c1/C=C/F. The maximum absolute atomic E-state index is 12.0. The Kier molecular flexibility index (Phi) is 3.12. The van der Waals surface area contributed by atoms with Crippen LogP contribution in [-0.2, 0) is 0 Å². The zero-order valence-corrected chi connectivity index (χ0v) is 7.27. The highest BCUT2D eigenvalue weighted by atomic mass is 19.1. The van der Waals surface area contributed by atoms with Crippen LogP contribution in [0.3, 0.4) is 0 Å². The molecule has 14 heavy (non-hydrogen) atoms. The van der Waals surface area contributed by atoms with E-state index < -0.39 is 5.97 Å². The number of aromatic carboxylic acids is 1. The number of pyridine rings is 1. The summed E-state index contributed by atoms with van der Waals surface area (Å²) in [5.74, 6) is -1.19. The van der Waals surface area contributed by atoms with Gasteiger partial charge in [0.15, 0.2) is 5.69 Å². The van der Waals surface area contributed by atoms with Crippen LogP contribution in [0.25, 0.3) is 12.2 Å². The molecule has 0 fully saturated rings. The first kappa shape index (κ1) is 10.1. The van der Waals surface area contributed by atoms with Gasteiger partial charge in [0.1, 0.15) is 0 Å². The summed E-state index contributed by atoms with van der Waals surface area (Å²) < 4.78 is 12.0. The second kappa shape index (κ2) is 4.32. The number of hydrogen-bond donors (Lipinski definition) is 1. The highest BCUT2D eigenvalue weighted by Gasteiger charge is 2.11. The van der Waals surface area contributed by atoms with Crippen molar-refractivity contribution in [2.45, 2.75) is 0 Å². The van der Waals surface area contributed by atoms with Gasteiger partial charge < -0.3 is 5.11 Å². The van der Waals surface area contributed by atoms with Crippen molar-refractivity contribution < 1.29 is 14.3 Å². The van der Waals surface area contributed by atoms with E-state index in [-0.39, 0.29) is 17.6 Å². The third-order valence-corrected chi connectivity index (χ3v) is 1.68. The van der Waals surface area contributed by atoms with Crippen molar-refractivity contribution in [3.05, 3.63) is 42.0 Å². The molecule has 1 aromatic heterocycles.